The highest BCUT2D eigenvalue weighted by Gasteiger charge is 2.22. The number of non-ortho nitro benzene ring substituents is 1. The molecule has 50 heavy (non-hydrogen) atoms. The van der Waals surface area contributed by atoms with Crippen LogP contribution < -0.4 is 19.3 Å². The number of ether oxygens (including phenoxy) is 4. The van der Waals surface area contributed by atoms with Crippen LogP contribution in [0.2, 0.25) is 0 Å². The molecule has 4 rings (SSSR count). The van der Waals surface area contributed by atoms with Crippen LogP contribution in [0.5, 0.6) is 11.5 Å². The molecule has 0 fully saturated rings. The van der Waals surface area contributed by atoms with Crippen molar-refractivity contribution >= 4 is 22.7 Å². The lowest BCUT2D eigenvalue weighted by Crippen LogP contribution is -2.21. The maximum Gasteiger partial charge on any atom is 0.269 e. The molecule has 1 unspecified atom stereocenters. The fourth-order valence-corrected chi connectivity index (χ4v) is 5.35. The standard InChI is InChI=1S/C40H45N3O7/c1-6-8-33(10-7-9-31(3)47-4)42(36-15-20-38(48-5)21-16-36)35-13-11-30(2)41(40-24-19-37(43(45)46)29-32(40)12-14-35)34-17-22-39(23-18-34)50-28-27-49-26-25-44/h6-9,11,13-24,29,31,44H,1-2,10,12,25-28H2,3-5H3/b9-7-,13-11?,33-8+,35-14?. The Kier molecular flexibility index (Phi) is 14.2. The maximum atomic E-state index is 11.9. The summed E-state index contributed by atoms with van der Waals surface area (Å²) < 4.78 is 21.9. The van der Waals surface area contributed by atoms with Crippen LogP contribution in [0.1, 0.15) is 18.9 Å². The first-order chi connectivity index (χ1) is 24.3. The van der Waals surface area contributed by atoms with E-state index >= 15 is 0 Å². The van der Waals surface area contributed by atoms with E-state index < -0.39 is 0 Å². The number of nitro benzene ring substituents is 1. The Morgan fingerprint density at radius 2 is 1.78 bits per heavy atom. The van der Waals surface area contributed by atoms with Crippen LogP contribution in [-0.2, 0) is 15.9 Å². The summed E-state index contributed by atoms with van der Waals surface area (Å²) in [6, 6.07) is 20.2. The average Bonchev–Trinajstić information content (AvgIpc) is 3.19. The van der Waals surface area contributed by atoms with Crippen LogP contribution in [0.4, 0.5) is 22.7 Å². The Morgan fingerprint density at radius 3 is 2.44 bits per heavy atom. The van der Waals surface area contributed by atoms with Gasteiger partial charge in [-0.05, 0) is 91.7 Å². The number of hydrogen-bond acceptors (Lipinski definition) is 9. The van der Waals surface area contributed by atoms with Gasteiger partial charge in [0.25, 0.3) is 5.69 Å². The molecule has 1 heterocycles. The predicted molar refractivity (Wildman–Crippen MR) is 199 cm³/mol. The minimum absolute atomic E-state index is 0.000265. The van der Waals surface area contributed by atoms with Gasteiger partial charge in [0.05, 0.1) is 43.6 Å². The van der Waals surface area contributed by atoms with Gasteiger partial charge in [-0.3, -0.25) is 10.1 Å². The largest absolute Gasteiger partial charge is 0.497 e. The SMILES string of the molecule is C=C/C=C(\C/C=C\C(C)OC)N(C1=CCc2cc([N+](=O)[O-])ccc2N(c2ccc(OCCOCCO)cc2)C(=C)C=C1)c1ccc(OC)cc1. The molecule has 262 valence electrons. The van der Waals surface area contributed by atoms with Crippen molar-refractivity contribution in [3.8, 4) is 11.5 Å². The zero-order valence-electron chi connectivity index (χ0n) is 28.9. The number of methoxy groups -OCH3 is 2. The third-order valence-corrected chi connectivity index (χ3v) is 7.90. The molecule has 10 nitrogen and oxygen atoms in total. The van der Waals surface area contributed by atoms with Crippen LogP contribution in [0.25, 0.3) is 0 Å². The smallest absolute Gasteiger partial charge is 0.269 e. The summed E-state index contributed by atoms with van der Waals surface area (Å²) in [6.45, 7) is 11.3. The van der Waals surface area contributed by atoms with Gasteiger partial charge < -0.3 is 33.9 Å². The van der Waals surface area contributed by atoms with E-state index in [4.69, 9.17) is 24.1 Å². The second-order valence-electron chi connectivity index (χ2n) is 11.2. The summed E-state index contributed by atoms with van der Waals surface area (Å²) in [5, 5.41) is 20.8. The molecule has 0 amide bonds. The molecule has 0 spiro atoms. The topological polar surface area (TPSA) is 107 Å². The number of benzene rings is 3. The number of nitrogens with zero attached hydrogens (tertiary/aromatic N) is 3. The zero-order chi connectivity index (χ0) is 35.9. The second-order valence-corrected chi connectivity index (χ2v) is 11.2. The molecule has 1 aliphatic rings. The van der Waals surface area contributed by atoms with Crippen molar-refractivity contribution in [2.75, 3.05) is 50.4 Å². The van der Waals surface area contributed by atoms with Gasteiger partial charge in [0.2, 0.25) is 0 Å². The first kappa shape index (κ1) is 37.4. The van der Waals surface area contributed by atoms with Crippen molar-refractivity contribution in [1.82, 2.24) is 0 Å². The molecule has 1 N–H and O–H groups in total. The van der Waals surface area contributed by atoms with Crippen LogP contribution in [-0.4, -0.2) is 56.8 Å². The molecule has 0 radical (unpaired) electrons. The van der Waals surface area contributed by atoms with Crippen LogP contribution in [0.15, 0.2) is 140 Å². The lowest BCUT2D eigenvalue weighted by atomic mass is 10.0. The molecule has 3 aromatic rings. The van der Waals surface area contributed by atoms with E-state index in [-0.39, 0.29) is 29.9 Å². The molecule has 0 saturated carbocycles. The summed E-state index contributed by atoms with van der Waals surface area (Å²) in [4.78, 5) is 15.6. The summed E-state index contributed by atoms with van der Waals surface area (Å²) in [7, 11) is 3.30. The highest BCUT2D eigenvalue weighted by Crippen LogP contribution is 2.38. The van der Waals surface area contributed by atoms with Crippen molar-refractivity contribution in [3.63, 3.8) is 0 Å². The molecular formula is C40H45N3O7. The summed E-state index contributed by atoms with van der Waals surface area (Å²) in [6.07, 6.45) is 14.7. The highest BCUT2D eigenvalue weighted by molar-refractivity contribution is 5.75. The van der Waals surface area contributed by atoms with E-state index in [0.717, 1.165) is 39.8 Å². The molecule has 0 aliphatic carbocycles. The van der Waals surface area contributed by atoms with Crippen LogP contribution in [0.3, 0.4) is 0 Å². The number of hydrogen-bond donors (Lipinski definition) is 1. The van der Waals surface area contributed by atoms with Gasteiger partial charge in [-0.25, -0.2) is 0 Å². The Morgan fingerprint density at radius 1 is 1.04 bits per heavy atom. The fraction of sp³-hybridized carbons (Fsp3) is 0.250. The molecular weight excluding hydrogens is 634 g/mol. The van der Waals surface area contributed by atoms with Gasteiger partial charge in [0.1, 0.15) is 18.1 Å². The Hall–Kier alpha value is -5.42. The normalized spacial score (nSPS) is 13.9. The van der Waals surface area contributed by atoms with Gasteiger partial charge in [0.15, 0.2) is 0 Å². The number of allylic oxidation sites excluding steroid dienone is 6. The van der Waals surface area contributed by atoms with Crippen molar-refractivity contribution in [1.29, 1.82) is 0 Å². The zero-order valence-corrected chi connectivity index (χ0v) is 28.9. The number of fused-ring (bicyclic) bond motifs is 1. The average molecular weight is 680 g/mol. The highest BCUT2D eigenvalue weighted by atomic mass is 16.6. The van der Waals surface area contributed by atoms with Crippen molar-refractivity contribution in [2.45, 2.75) is 25.9 Å². The van der Waals surface area contributed by atoms with E-state index in [1.165, 1.54) is 6.07 Å². The minimum atomic E-state index is -0.382. The summed E-state index contributed by atoms with van der Waals surface area (Å²) >= 11 is 0. The fourth-order valence-electron chi connectivity index (χ4n) is 5.35. The number of aliphatic hydroxyl groups excluding tert-OH is 1. The minimum Gasteiger partial charge on any atom is -0.497 e. The van der Waals surface area contributed by atoms with Crippen LogP contribution in [0, 0.1) is 10.1 Å². The first-order valence-corrected chi connectivity index (χ1v) is 16.3. The number of nitro groups is 1. The lowest BCUT2D eigenvalue weighted by molar-refractivity contribution is -0.384. The molecule has 0 saturated heterocycles. The monoisotopic (exact) mass is 679 g/mol. The molecule has 1 atom stereocenters. The lowest BCUT2D eigenvalue weighted by Gasteiger charge is -2.29. The Balaban J connectivity index is 1.79. The van der Waals surface area contributed by atoms with Crippen molar-refractivity contribution < 1.29 is 29.0 Å². The number of rotatable bonds is 17. The molecule has 0 aromatic heterocycles. The van der Waals surface area contributed by atoms with E-state index in [2.05, 4.69) is 30.2 Å². The van der Waals surface area contributed by atoms with E-state index in [0.29, 0.717) is 37.5 Å². The molecule has 0 bridgehead atoms. The first-order valence-electron chi connectivity index (χ1n) is 16.3. The summed E-state index contributed by atoms with van der Waals surface area (Å²) in [5.41, 5.74) is 5.64. The van der Waals surface area contributed by atoms with Gasteiger partial charge >= 0.3 is 0 Å². The third kappa shape index (κ3) is 10.1. The van der Waals surface area contributed by atoms with Crippen LogP contribution >= 0.6 is 0 Å². The quantitative estimate of drug-likeness (QED) is 0.0497. The Bertz CT molecular complexity index is 1730. The number of anilines is 3. The van der Waals surface area contributed by atoms with E-state index in [1.54, 1.807) is 32.4 Å². The molecule has 3 aromatic carbocycles. The van der Waals surface area contributed by atoms with Crippen molar-refractivity contribution in [3.05, 3.63) is 155 Å². The number of aliphatic hydroxyl groups is 1. The second kappa shape index (κ2) is 18.9. The molecule has 10 heteroatoms. The van der Waals surface area contributed by atoms with Gasteiger partial charge in [-0.15, -0.1) is 0 Å². The maximum absolute atomic E-state index is 11.9. The van der Waals surface area contributed by atoms with Gasteiger partial charge in [0, 0.05) is 54.1 Å². The Labute approximate surface area is 294 Å². The van der Waals surface area contributed by atoms with E-state index in [9.17, 15) is 10.1 Å². The molecule has 1 aliphatic heterocycles. The van der Waals surface area contributed by atoms with Crippen molar-refractivity contribution in [2.24, 2.45) is 0 Å². The van der Waals surface area contributed by atoms with Gasteiger partial charge in [-0.2, -0.15) is 0 Å². The predicted octanol–water partition coefficient (Wildman–Crippen LogP) is 8.20. The summed E-state index contributed by atoms with van der Waals surface area (Å²) in [5.74, 6) is 1.39. The third-order valence-electron chi connectivity index (χ3n) is 7.90. The van der Waals surface area contributed by atoms with Gasteiger partial charge in [-0.1, -0.05) is 37.5 Å². The van der Waals surface area contributed by atoms with E-state index in [1.807, 2.05) is 84.7 Å².